The SMILES string of the molecule is C[C@@H](O)[C@H](NC(=O)NCc1cccs1)C(=O)O. The molecule has 2 atom stereocenters. The molecule has 0 unspecified atom stereocenters. The maximum absolute atomic E-state index is 11.4. The Morgan fingerprint density at radius 2 is 2.24 bits per heavy atom. The van der Waals surface area contributed by atoms with Gasteiger partial charge in [-0.2, -0.15) is 0 Å². The molecule has 7 heteroatoms. The number of urea groups is 1. The van der Waals surface area contributed by atoms with Crippen LogP contribution in [0.2, 0.25) is 0 Å². The van der Waals surface area contributed by atoms with Crippen molar-refractivity contribution in [3.05, 3.63) is 22.4 Å². The van der Waals surface area contributed by atoms with Crippen molar-refractivity contribution in [1.29, 1.82) is 0 Å². The third kappa shape index (κ3) is 4.41. The first kappa shape index (κ1) is 13.5. The first-order valence-electron chi connectivity index (χ1n) is 4.98. The highest BCUT2D eigenvalue weighted by Crippen LogP contribution is 2.07. The molecule has 1 aromatic rings. The highest BCUT2D eigenvalue weighted by atomic mass is 32.1. The van der Waals surface area contributed by atoms with Crippen molar-refractivity contribution in [2.45, 2.75) is 25.6 Å². The number of amides is 2. The summed E-state index contributed by atoms with van der Waals surface area (Å²) in [5, 5.41) is 24.5. The second-order valence-corrected chi connectivity index (χ2v) is 4.50. The fraction of sp³-hybridized carbons (Fsp3) is 0.400. The minimum absolute atomic E-state index is 0.329. The van der Waals surface area contributed by atoms with Crippen molar-refractivity contribution in [1.82, 2.24) is 10.6 Å². The molecular weight excluding hydrogens is 244 g/mol. The number of aliphatic carboxylic acids is 1. The van der Waals surface area contributed by atoms with Gasteiger partial charge in [0.25, 0.3) is 0 Å². The van der Waals surface area contributed by atoms with Gasteiger partial charge in [0.05, 0.1) is 12.6 Å². The van der Waals surface area contributed by atoms with Crippen molar-refractivity contribution in [2.24, 2.45) is 0 Å². The van der Waals surface area contributed by atoms with Gasteiger partial charge < -0.3 is 20.8 Å². The number of hydrogen-bond acceptors (Lipinski definition) is 4. The standard InChI is InChI=1S/C10H14N2O4S/c1-6(13)8(9(14)15)12-10(16)11-5-7-3-2-4-17-7/h2-4,6,8,13H,5H2,1H3,(H,14,15)(H2,11,12,16)/t6-,8+/m1/s1. The number of carboxylic acid groups (broad SMARTS) is 1. The molecule has 0 saturated heterocycles. The van der Waals surface area contributed by atoms with Crippen LogP contribution >= 0.6 is 11.3 Å². The number of carbonyl (C=O) groups excluding carboxylic acids is 1. The van der Waals surface area contributed by atoms with E-state index in [0.29, 0.717) is 6.54 Å². The van der Waals surface area contributed by atoms with Gasteiger partial charge in [-0.15, -0.1) is 11.3 Å². The Bertz CT molecular complexity index is 378. The monoisotopic (exact) mass is 258 g/mol. The molecular formula is C10H14N2O4S. The minimum atomic E-state index is -1.31. The smallest absolute Gasteiger partial charge is 0.328 e. The van der Waals surface area contributed by atoms with Gasteiger partial charge in [-0.1, -0.05) is 6.07 Å². The zero-order valence-corrected chi connectivity index (χ0v) is 10.0. The minimum Gasteiger partial charge on any atom is -0.480 e. The van der Waals surface area contributed by atoms with Crippen LogP contribution in [0, 0.1) is 0 Å². The van der Waals surface area contributed by atoms with Crippen molar-refractivity contribution in [2.75, 3.05) is 0 Å². The van der Waals surface area contributed by atoms with Gasteiger partial charge in [0, 0.05) is 4.88 Å². The number of nitrogens with one attached hydrogen (secondary N) is 2. The van der Waals surface area contributed by atoms with Crippen LogP contribution in [0.15, 0.2) is 17.5 Å². The van der Waals surface area contributed by atoms with E-state index in [0.717, 1.165) is 4.88 Å². The topological polar surface area (TPSA) is 98.7 Å². The molecule has 94 valence electrons. The quantitative estimate of drug-likeness (QED) is 0.613. The number of carboxylic acids is 1. The molecule has 1 aromatic heterocycles. The Morgan fingerprint density at radius 3 is 2.71 bits per heavy atom. The van der Waals surface area contributed by atoms with Crippen molar-refractivity contribution >= 4 is 23.3 Å². The van der Waals surface area contributed by atoms with Gasteiger partial charge in [0.1, 0.15) is 0 Å². The number of aliphatic hydroxyl groups is 1. The predicted octanol–water partition coefficient (Wildman–Crippen LogP) is 0.381. The largest absolute Gasteiger partial charge is 0.480 e. The van der Waals surface area contributed by atoms with Gasteiger partial charge in [-0.25, -0.2) is 9.59 Å². The number of carbonyl (C=O) groups is 2. The molecule has 0 bridgehead atoms. The van der Waals surface area contributed by atoms with E-state index in [9.17, 15) is 9.59 Å². The first-order chi connectivity index (χ1) is 8.00. The molecule has 0 aliphatic carbocycles. The van der Waals surface area contributed by atoms with Crippen LogP contribution in [0.4, 0.5) is 4.79 Å². The lowest BCUT2D eigenvalue weighted by Gasteiger charge is -2.17. The fourth-order valence-electron chi connectivity index (χ4n) is 1.16. The molecule has 17 heavy (non-hydrogen) atoms. The Balaban J connectivity index is 2.40. The second kappa shape index (κ2) is 6.21. The third-order valence-corrected chi connectivity index (χ3v) is 2.91. The Morgan fingerprint density at radius 1 is 1.53 bits per heavy atom. The molecule has 1 heterocycles. The zero-order chi connectivity index (χ0) is 12.8. The van der Waals surface area contributed by atoms with Crippen molar-refractivity contribution in [3.8, 4) is 0 Å². The molecule has 4 N–H and O–H groups in total. The molecule has 0 saturated carbocycles. The van der Waals surface area contributed by atoms with E-state index < -0.39 is 24.1 Å². The van der Waals surface area contributed by atoms with Gasteiger partial charge in [0.2, 0.25) is 0 Å². The fourth-order valence-corrected chi connectivity index (χ4v) is 1.81. The molecule has 0 spiro atoms. The Labute approximate surface area is 102 Å². The van der Waals surface area contributed by atoms with Crippen molar-refractivity contribution in [3.63, 3.8) is 0 Å². The highest BCUT2D eigenvalue weighted by molar-refractivity contribution is 7.09. The van der Waals surface area contributed by atoms with E-state index in [-0.39, 0.29) is 0 Å². The van der Waals surface area contributed by atoms with Crippen LogP contribution in [0.3, 0.4) is 0 Å². The summed E-state index contributed by atoms with van der Waals surface area (Å²) >= 11 is 1.49. The second-order valence-electron chi connectivity index (χ2n) is 3.46. The van der Waals surface area contributed by atoms with Crippen molar-refractivity contribution < 1.29 is 19.8 Å². The van der Waals surface area contributed by atoms with E-state index in [1.807, 2.05) is 17.5 Å². The summed E-state index contributed by atoms with van der Waals surface area (Å²) in [4.78, 5) is 23.0. The molecule has 6 nitrogen and oxygen atoms in total. The van der Waals surface area contributed by atoms with Gasteiger partial charge in [0.15, 0.2) is 6.04 Å². The van der Waals surface area contributed by atoms with Gasteiger partial charge in [-0.3, -0.25) is 0 Å². The van der Waals surface area contributed by atoms with E-state index in [1.54, 1.807) is 0 Å². The zero-order valence-electron chi connectivity index (χ0n) is 9.21. The Hall–Kier alpha value is -1.60. The predicted molar refractivity (Wildman–Crippen MR) is 62.8 cm³/mol. The molecule has 1 rings (SSSR count). The van der Waals surface area contributed by atoms with E-state index in [1.165, 1.54) is 18.3 Å². The molecule has 2 amide bonds. The van der Waals surface area contributed by atoms with Crippen LogP contribution in [0.5, 0.6) is 0 Å². The summed E-state index contributed by atoms with van der Waals surface area (Å²) in [5.41, 5.74) is 0. The molecule has 0 radical (unpaired) electrons. The lowest BCUT2D eigenvalue weighted by atomic mass is 10.2. The summed E-state index contributed by atoms with van der Waals surface area (Å²) < 4.78 is 0. The summed E-state index contributed by atoms with van der Waals surface area (Å²) in [6, 6.07) is 1.79. The third-order valence-electron chi connectivity index (χ3n) is 2.04. The van der Waals surface area contributed by atoms with Gasteiger partial charge in [-0.05, 0) is 18.4 Å². The van der Waals surface area contributed by atoms with E-state index in [4.69, 9.17) is 10.2 Å². The molecule has 0 aliphatic heterocycles. The van der Waals surface area contributed by atoms with Crippen LogP contribution in [-0.2, 0) is 11.3 Å². The summed E-state index contributed by atoms with van der Waals surface area (Å²) in [6.07, 6.45) is -1.15. The van der Waals surface area contributed by atoms with Crippen LogP contribution in [-0.4, -0.2) is 34.4 Å². The van der Waals surface area contributed by atoms with E-state index >= 15 is 0 Å². The Kier molecular flexibility index (Phi) is 4.92. The highest BCUT2D eigenvalue weighted by Gasteiger charge is 2.24. The molecule has 0 aliphatic rings. The number of thiophene rings is 1. The summed E-state index contributed by atoms with van der Waals surface area (Å²) in [6.45, 7) is 1.63. The maximum atomic E-state index is 11.4. The number of hydrogen-bond donors (Lipinski definition) is 4. The molecule has 0 aromatic carbocycles. The van der Waals surface area contributed by atoms with Gasteiger partial charge >= 0.3 is 12.0 Å². The first-order valence-corrected chi connectivity index (χ1v) is 5.86. The summed E-state index contributed by atoms with van der Waals surface area (Å²) in [7, 11) is 0. The number of aliphatic hydroxyl groups excluding tert-OH is 1. The van der Waals surface area contributed by atoms with Crippen LogP contribution < -0.4 is 10.6 Å². The summed E-state index contributed by atoms with van der Waals surface area (Å²) in [5.74, 6) is -1.27. The average molecular weight is 258 g/mol. The lowest BCUT2D eigenvalue weighted by Crippen LogP contribution is -2.50. The maximum Gasteiger partial charge on any atom is 0.328 e. The average Bonchev–Trinajstić information content (AvgIpc) is 2.74. The lowest BCUT2D eigenvalue weighted by molar-refractivity contribution is -0.141. The van der Waals surface area contributed by atoms with E-state index in [2.05, 4.69) is 10.6 Å². The van der Waals surface area contributed by atoms with Crippen LogP contribution in [0.1, 0.15) is 11.8 Å². The normalized spacial score (nSPS) is 13.8. The molecule has 0 fully saturated rings. The van der Waals surface area contributed by atoms with Crippen LogP contribution in [0.25, 0.3) is 0 Å². The number of rotatable bonds is 5.